The molecule has 0 heterocycles. The first-order chi connectivity index (χ1) is 5.40. The summed E-state index contributed by atoms with van der Waals surface area (Å²) in [6.07, 6.45) is -0.994. The lowest BCUT2D eigenvalue weighted by atomic mass is 10.3. The molecular formula is C4H11O5PS2. The Morgan fingerprint density at radius 1 is 1.50 bits per heavy atom. The molecule has 0 fully saturated rings. The van der Waals surface area contributed by atoms with Crippen LogP contribution < -0.4 is 0 Å². The van der Waals surface area contributed by atoms with Crippen LogP contribution in [0.2, 0.25) is 0 Å². The SMILES string of the molecule is O=P(O)(O)O[C@H](CO)[C@H](S)CS. The van der Waals surface area contributed by atoms with E-state index in [0.717, 1.165) is 0 Å². The first-order valence-electron chi connectivity index (χ1n) is 3.04. The fourth-order valence-corrected chi connectivity index (χ4v) is 1.57. The number of rotatable bonds is 5. The Hall–Kier alpha value is 0.770. The van der Waals surface area contributed by atoms with Gasteiger partial charge in [-0.2, -0.15) is 25.3 Å². The first kappa shape index (κ1) is 12.8. The summed E-state index contributed by atoms with van der Waals surface area (Å²) in [5, 5.41) is 8.13. The Morgan fingerprint density at radius 3 is 2.25 bits per heavy atom. The van der Waals surface area contributed by atoms with Crippen LogP contribution in [0.3, 0.4) is 0 Å². The van der Waals surface area contributed by atoms with E-state index >= 15 is 0 Å². The predicted octanol–water partition coefficient (Wildman–Crippen LogP) is -0.315. The molecule has 0 radical (unpaired) electrons. The third-order valence-electron chi connectivity index (χ3n) is 1.07. The molecule has 0 aromatic carbocycles. The van der Waals surface area contributed by atoms with Crippen LogP contribution in [0, 0.1) is 0 Å². The van der Waals surface area contributed by atoms with Crippen molar-refractivity contribution in [2.45, 2.75) is 11.4 Å². The number of thiol groups is 2. The van der Waals surface area contributed by atoms with Gasteiger partial charge in [0.25, 0.3) is 0 Å². The zero-order valence-corrected chi connectivity index (χ0v) is 8.75. The molecule has 0 aliphatic rings. The topological polar surface area (TPSA) is 87.0 Å². The van der Waals surface area contributed by atoms with Crippen molar-refractivity contribution in [3.63, 3.8) is 0 Å². The van der Waals surface area contributed by atoms with Crippen molar-refractivity contribution >= 4 is 33.1 Å². The van der Waals surface area contributed by atoms with Gasteiger partial charge in [-0.1, -0.05) is 0 Å². The van der Waals surface area contributed by atoms with E-state index in [1.165, 1.54) is 0 Å². The molecule has 0 aromatic rings. The number of hydrogen-bond acceptors (Lipinski definition) is 5. The van der Waals surface area contributed by atoms with Crippen LogP contribution in [-0.4, -0.2) is 38.6 Å². The zero-order chi connectivity index (χ0) is 9.78. The highest BCUT2D eigenvalue weighted by Gasteiger charge is 2.25. The van der Waals surface area contributed by atoms with Gasteiger partial charge in [0.2, 0.25) is 0 Å². The number of aliphatic hydroxyl groups is 1. The molecule has 0 rings (SSSR count). The van der Waals surface area contributed by atoms with Gasteiger partial charge >= 0.3 is 7.82 Å². The summed E-state index contributed by atoms with van der Waals surface area (Å²) in [4.78, 5) is 16.8. The van der Waals surface area contributed by atoms with Crippen molar-refractivity contribution in [1.82, 2.24) is 0 Å². The normalized spacial score (nSPS) is 17.4. The van der Waals surface area contributed by atoms with E-state index in [1.807, 2.05) is 0 Å². The molecule has 8 heteroatoms. The van der Waals surface area contributed by atoms with E-state index in [9.17, 15) is 4.57 Å². The average Bonchev–Trinajstić information content (AvgIpc) is 1.97. The van der Waals surface area contributed by atoms with Crippen LogP contribution in [-0.2, 0) is 9.09 Å². The molecule has 0 bridgehead atoms. The maximum atomic E-state index is 10.3. The largest absolute Gasteiger partial charge is 0.469 e. The van der Waals surface area contributed by atoms with E-state index in [2.05, 4.69) is 29.8 Å². The molecule has 12 heavy (non-hydrogen) atoms. The lowest BCUT2D eigenvalue weighted by Crippen LogP contribution is -2.28. The molecule has 3 N–H and O–H groups in total. The van der Waals surface area contributed by atoms with Gasteiger partial charge < -0.3 is 14.9 Å². The van der Waals surface area contributed by atoms with Crippen molar-refractivity contribution in [2.75, 3.05) is 12.4 Å². The zero-order valence-electron chi connectivity index (χ0n) is 6.07. The summed E-state index contributed by atoms with van der Waals surface area (Å²) >= 11 is 7.75. The third-order valence-corrected chi connectivity index (χ3v) is 2.81. The fourth-order valence-electron chi connectivity index (χ4n) is 0.519. The average molecular weight is 234 g/mol. The lowest BCUT2D eigenvalue weighted by molar-refractivity contribution is 0.0824. The first-order valence-corrected chi connectivity index (χ1v) is 5.72. The minimum absolute atomic E-state index is 0.258. The second-order valence-electron chi connectivity index (χ2n) is 2.07. The van der Waals surface area contributed by atoms with Crippen molar-refractivity contribution in [2.24, 2.45) is 0 Å². The second-order valence-corrected chi connectivity index (χ2v) is 4.29. The molecule has 0 spiro atoms. The van der Waals surface area contributed by atoms with Crippen LogP contribution in [0.4, 0.5) is 0 Å². The van der Waals surface area contributed by atoms with Crippen molar-refractivity contribution in [3.05, 3.63) is 0 Å². The maximum absolute atomic E-state index is 10.3. The van der Waals surface area contributed by atoms with E-state index in [0.29, 0.717) is 0 Å². The van der Waals surface area contributed by atoms with Gasteiger partial charge in [0.05, 0.1) is 6.61 Å². The quantitative estimate of drug-likeness (QED) is 0.332. The highest BCUT2D eigenvalue weighted by molar-refractivity contribution is 7.84. The molecule has 74 valence electrons. The molecule has 0 unspecified atom stereocenters. The van der Waals surface area contributed by atoms with Gasteiger partial charge in [0, 0.05) is 11.0 Å². The van der Waals surface area contributed by atoms with Gasteiger partial charge in [-0.15, -0.1) is 0 Å². The second kappa shape index (κ2) is 5.49. The molecule has 0 aliphatic carbocycles. The summed E-state index contributed by atoms with van der Waals surface area (Å²) in [6, 6.07) is 0. The molecule has 0 aromatic heterocycles. The molecule has 0 aliphatic heterocycles. The highest BCUT2D eigenvalue weighted by Crippen LogP contribution is 2.38. The maximum Gasteiger partial charge on any atom is 0.469 e. The molecule has 2 atom stereocenters. The predicted molar refractivity (Wildman–Crippen MR) is 50.6 cm³/mol. The summed E-state index contributed by atoms with van der Waals surface area (Å²) in [6.45, 7) is -0.500. The molecule has 5 nitrogen and oxygen atoms in total. The molecule has 0 saturated carbocycles. The van der Waals surface area contributed by atoms with Crippen LogP contribution in [0.1, 0.15) is 0 Å². The Morgan fingerprint density at radius 2 is 2.00 bits per heavy atom. The van der Waals surface area contributed by atoms with Crippen molar-refractivity contribution in [3.8, 4) is 0 Å². The van der Waals surface area contributed by atoms with Gasteiger partial charge in [-0.3, -0.25) is 4.52 Å². The number of phosphoric acid groups is 1. The minimum atomic E-state index is -4.55. The standard InChI is InChI=1S/C4H11O5PS2/c5-1-3(4(12)2-11)9-10(6,7)8/h3-5,11-12H,1-2H2,(H2,6,7,8)/t3-,4-/m1/s1. The van der Waals surface area contributed by atoms with Gasteiger partial charge in [0.1, 0.15) is 6.10 Å². The monoisotopic (exact) mass is 234 g/mol. The Balaban J connectivity index is 4.09. The Bertz CT molecular complexity index is 171. The third kappa shape index (κ3) is 5.42. The van der Waals surface area contributed by atoms with Gasteiger partial charge in [-0.25, -0.2) is 4.57 Å². The van der Waals surface area contributed by atoms with E-state index in [1.54, 1.807) is 0 Å². The van der Waals surface area contributed by atoms with Crippen LogP contribution >= 0.6 is 33.1 Å². The number of hydrogen-bond donors (Lipinski definition) is 5. The van der Waals surface area contributed by atoms with Crippen LogP contribution in [0.15, 0.2) is 0 Å². The Labute approximate surface area is 81.2 Å². The molecule has 0 amide bonds. The molecular weight excluding hydrogens is 223 g/mol. The fraction of sp³-hybridized carbons (Fsp3) is 1.00. The van der Waals surface area contributed by atoms with Crippen LogP contribution in [0.5, 0.6) is 0 Å². The van der Waals surface area contributed by atoms with Crippen molar-refractivity contribution in [1.29, 1.82) is 0 Å². The summed E-state index contributed by atoms with van der Waals surface area (Å²) in [5.41, 5.74) is 0. The van der Waals surface area contributed by atoms with E-state index in [-0.39, 0.29) is 5.75 Å². The van der Waals surface area contributed by atoms with Crippen molar-refractivity contribution < 1.29 is 24.0 Å². The van der Waals surface area contributed by atoms with Crippen LogP contribution in [0.25, 0.3) is 0 Å². The molecule has 0 saturated heterocycles. The lowest BCUT2D eigenvalue weighted by Gasteiger charge is -2.19. The van der Waals surface area contributed by atoms with Gasteiger partial charge in [0.15, 0.2) is 0 Å². The number of phosphoric ester groups is 1. The summed E-state index contributed by atoms with van der Waals surface area (Å²) in [5.74, 6) is 0.258. The summed E-state index contributed by atoms with van der Waals surface area (Å²) < 4.78 is 14.6. The van der Waals surface area contributed by atoms with E-state index in [4.69, 9.17) is 14.9 Å². The van der Waals surface area contributed by atoms with Gasteiger partial charge in [-0.05, 0) is 0 Å². The highest BCUT2D eigenvalue weighted by atomic mass is 32.1. The minimum Gasteiger partial charge on any atom is -0.394 e. The smallest absolute Gasteiger partial charge is 0.394 e. The van der Waals surface area contributed by atoms with E-state index < -0.39 is 25.8 Å². The summed E-state index contributed by atoms with van der Waals surface area (Å²) in [7, 11) is -4.55. The Kier molecular flexibility index (Phi) is 5.84. The number of aliphatic hydroxyl groups excluding tert-OH is 1.